The second-order valence-corrected chi connectivity index (χ2v) is 7.05. The van der Waals surface area contributed by atoms with Crippen molar-refractivity contribution in [2.75, 3.05) is 6.54 Å². The molecule has 1 heterocycles. The average Bonchev–Trinajstić information content (AvgIpc) is 3.19. The summed E-state index contributed by atoms with van der Waals surface area (Å²) in [5.74, 6) is -1.78. The third-order valence-corrected chi connectivity index (χ3v) is 5.02. The third kappa shape index (κ3) is 2.87. The molecule has 2 aliphatic carbocycles. The number of carboxylic acid groups (broad SMARTS) is 1. The summed E-state index contributed by atoms with van der Waals surface area (Å²) in [6, 6.07) is 4.89. The van der Waals surface area contributed by atoms with Gasteiger partial charge in [0.1, 0.15) is 18.0 Å². The largest absolute Gasteiger partial charge is 0.480 e. The molecule has 136 valence electrons. The third-order valence-electron chi connectivity index (χ3n) is 5.02. The minimum absolute atomic E-state index is 0.0306. The van der Waals surface area contributed by atoms with Gasteiger partial charge in [0.25, 0.3) is 5.91 Å². The van der Waals surface area contributed by atoms with Crippen LogP contribution in [0, 0.1) is 12.7 Å². The molecule has 1 saturated carbocycles. The van der Waals surface area contributed by atoms with Crippen LogP contribution in [0.4, 0.5) is 4.39 Å². The SMILES string of the molecule is Cc1ccc(-n2nc(C(=O)N(CC(=O)O)C3CC3)c3c2CCC3)c(F)c1. The first kappa shape index (κ1) is 16.8. The number of carboxylic acids is 1. The fourth-order valence-corrected chi connectivity index (χ4v) is 3.63. The molecule has 0 aliphatic heterocycles. The summed E-state index contributed by atoms with van der Waals surface area (Å²) in [5, 5.41) is 13.5. The van der Waals surface area contributed by atoms with E-state index in [2.05, 4.69) is 5.10 Å². The van der Waals surface area contributed by atoms with Gasteiger partial charge in [-0.1, -0.05) is 6.07 Å². The maximum Gasteiger partial charge on any atom is 0.323 e. The average molecular weight is 357 g/mol. The number of halogens is 1. The van der Waals surface area contributed by atoms with Crippen LogP contribution in [0.1, 0.15) is 46.6 Å². The molecule has 0 unspecified atom stereocenters. The maximum absolute atomic E-state index is 14.4. The Morgan fingerprint density at radius 2 is 2.12 bits per heavy atom. The highest BCUT2D eigenvalue weighted by atomic mass is 19.1. The number of amides is 1. The second kappa shape index (κ2) is 6.23. The van der Waals surface area contributed by atoms with Crippen molar-refractivity contribution in [1.29, 1.82) is 0 Å². The zero-order chi connectivity index (χ0) is 18.4. The van der Waals surface area contributed by atoms with Gasteiger partial charge in [-0.15, -0.1) is 0 Å². The molecule has 1 fully saturated rings. The minimum Gasteiger partial charge on any atom is -0.480 e. The van der Waals surface area contributed by atoms with E-state index in [1.165, 1.54) is 15.6 Å². The Morgan fingerprint density at radius 3 is 2.77 bits per heavy atom. The van der Waals surface area contributed by atoms with Crippen LogP contribution in [0.25, 0.3) is 5.69 Å². The van der Waals surface area contributed by atoms with Crippen LogP contribution in [0.3, 0.4) is 0 Å². The molecule has 7 heteroatoms. The van der Waals surface area contributed by atoms with E-state index >= 15 is 0 Å². The minimum atomic E-state index is -1.04. The normalized spacial score (nSPS) is 15.8. The summed E-state index contributed by atoms with van der Waals surface area (Å²) < 4.78 is 16.0. The lowest BCUT2D eigenvalue weighted by Gasteiger charge is -2.19. The summed E-state index contributed by atoms with van der Waals surface area (Å²) in [5.41, 5.74) is 3.08. The summed E-state index contributed by atoms with van der Waals surface area (Å²) in [6.45, 7) is 1.48. The Kier molecular flexibility index (Phi) is 4.01. The van der Waals surface area contributed by atoms with Crippen molar-refractivity contribution in [3.05, 3.63) is 46.5 Å². The molecule has 2 aliphatic rings. The summed E-state index contributed by atoms with van der Waals surface area (Å²) >= 11 is 0. The number of benzene rings is 1. The van der Waals surface area contributed by atoms with Crippen molar-refractivity contribution < 1.29 is 19.1 Å². The van der Waals surface area contributed by atoms with E-state index in [4.69, 9.17) is 5.11 Å². The zero-order valence-corrected chi connectivity index (χ0v) is 14.5. The summed E-state index contributed by atoms with van der Waals surface area (Å²) in [4.78, 5) is 25.5. The molecule has 6 nitrogen and oxygen atoms in total. The van der Waals surface area contributed by atoms with Crippen LogP contribution in [0.15, 0.2) is 18.2 Å². The number of hydrogen-bond acceptors (Lipinski definition) is 3. The summed E-state index contributed by atoms with van der Waals surface area (Å²) in [7, 11) is 0. The highest BCUT2D eigenvalue weighted by molar-refractivity contribution is 5.96. The smallest absolute Gasteiger partial charge is 0.323 e. The van der Waals surface area contributed by atoms with Crippen LogP contribution in [0.2, 0.25) is 0 Å². The first-order valence-corrected chi connectivity index (χ1v) is 8.85. The van der Waals surface area contributed by atoms with Gasteiger partial charge in [0.15, 0.2) is 5.69 Å². The molecule has 1 amide bonds. The highest BCUT2D eigenvalue weighted by Gasteiger charge is 2.38. The van der Waals surface area contributed by atoms with E-state index in [0.717, 1.165) is 42.5 Å². The number of aliphatic carboxylic acids is 1. The van der Waals surface area contributed by atoms with E-state index < -0.39 is 5.97 Å². The first-order valence-electron chi connectivity index (χ1n) is 8.85. The Hall–Kier alpha value is -2.70. The predicted molar refractivity (Wildman–Crippen MR) is 92.0 cm³/mol. The lowest BCUT2D eigenvalue weighted by molar-refractivity contribution is -0.137. The number of carbonyl (C=O) groups is 2. The van der Waals surface area contributed by atoms with E-state index in [1.54, 1.807) is 6.07 Å². The Balaban J connectivity index is 1.76. The van der Waals surface area contributed by atoms with E-state index in [1.807, 2.05) is 13.0 Å². The number of fused-ring (bicyclic) bond motifs is 1. The van der Waals surface area contributed by atoms with Gasteiger partial charge in [-0.2, -0.15) is 5.10 Å². The van der Waals surface area contributed by atoms with E-state index in [0.29, 0.717) is 12.1 Å². The van der Waals surface area contributed by atoms with Gasteiger partial charge in [-0.05, 0) is 56.7 Å². The Labute approximate surface area is 150 Å². The fourth-order valence-electron chi connectivity index (χ4n) is 3.63. The van der Waals surface area contributed by atoms with Gasteiger partial charge in [0.2, 0.25) is 0 Å². The van der Waals surface area contributed by atoms with Crippen molar-refractivity contribution in [1.82, 2.24) is 14.7 Å². The molecular formula is C19H20FN3O3. The molecule has 0 saturated heterocycles. The van der Waals surface area contributed by atoms with Crippen molar-refractivity contribution in [3.63, 3.8) is 0 Å². The number of aryl methyl sites for hydroxylation is 1. The van der Waals surface area contributed by atoms with Gasteiger partial charge in [0, 0.05) is 17.3 Å². The fraction of sp³-hybridized carbons (Fsp3) is 0.421. The number of hydrogen-bond donors (Lipinski definition) is 1. The Morgan fingerprint density at radius 1 is 1.35 bits per heavy atom. The topological polar surface area (TPSA) is 75.4 Å². The molecule has 0 radical (unpaired) electrons. The van der Waals surface area contributed by atoms with Crippen LogP contribution >= 0.6 is 0 Å². The Bertz CT molecular complexity index is 902. The number of aromatic nitrogens is 2. The van der Waals surface area contributed by atoms with Gasteiger partial charge in [0.05, 0.1) is 0 Å². The van der Waals surface area contributed by atoms with Crippen molar-refractivity contribution in [2.24, 2.45) is 0 Å². The van der Waals surface area contributed by atoms with Crippen molar-refractivity contribution in [2.45, 2.75) is 45.1 Å². The lowest BCUT2D eigenvalue weighted by atomic mass is 10.1. The van der Waals surface area contributed by atoms with Crippen LogP contribution in [-0.2, 0) is 17.6 Å². The van der Waals surface area contributed by atoms with Crippen molar-refractivity contribution >= 4 is 11.9 Å². The van der Waals surface area contributed by atoms with Gasteiger partial charge in [-0.3, -0.25) is 9.59 Å². The second-order valence-electron chi connectivity index (χ2n) is 7.05. The number of carbonyl (C=O) groups excluding carboxylic acids is 1. The maximum atomic E-state index is 14.4. The molecule has 1 aromatic carbocycles. The molecule has 1 aromatic heterocycles. The van der Waals surface area contributed by atoms with E-state index in [-0.39, 0.29) is 30.0 Å². The quantitative estimate of drug-likeness (QED) is 0.892. The monoisotopic (exact) mass is 357 g/mol. The van der Waals surface area contributed by atoms with Gasteiger partial charge >= 0.3 is 5.97 Å². The number of rotatable bonds is 5. The standard InChI is InChI=1S/C19H20FN3O3/c1-11-5-8-16(14(20)9-11)23-15-4-2-3-13(15)18(21-23)19(26)22(10-17(24)25)12-6-7-12/h5,8-9,12H,2-4,6-7,10H2,1H3,(H,24,25). The molecule has 4 rings (SSSR count). The zero-order valence-electron chi connectivity index (χ0n) is 14.5. The van der Waals surface area contributed by atoms with Crippen molar-refractivity contribution in [3.8, 4) is 5.69 Å². The summed E-state index contributed by atoms with van der Waals surface area (Å²) in [6.07, 6.45) is 3.94. The number of nitrogens with zero attached hydrogens (tertiary/aromatic N) is 3. The highest BCUT2D eigenvalue weighted by Crippen LogP contribution is 2.32. The molecule has 26 heavy (non-hydrogen) atoms. The molecule has 0 atom stereocenters. The van der Waals surface area contributed by atoms with E-state index in [9.17, 15) is 14.0 Å². The van der Waals surface area contributed by atoms with Crippen LogP contribution in [0.5, 0.6) is 0 Å². The molecule has 0 bridgehead atoms. The molecule has 1 N–H and O–H groups in total. The molecule has 0 spiro atoms. The predicted octanol–water partition coefficient (Wildman–Crippen LogP) is 2.50. The van der Waals surface area contributed by atoms with Crippen LogP contribution in [-0.4, -0.2) is 44.3 Å². The molecule has 2 aromatic rings. The van der Waals surface area contributed by atoms with Gasteiger partial charge < -0.3 is 10.0 Å². The van der Waals surface area contributed by atoms with Gasteiger partial charge in [-0.25, -0.2) is 9.07 Å². The molecular weight excluding hydrogens is 337 g/mol. The van der Waals surface area contributed by atoms with Crippen LogP contribution < -0.4 is 0 Å². The lowest BCUT2D eigenvalue weighted by Crippen LogP contribution is -2.38. The first-order chi connectivity index (χ1) is 12.5.